The van der Waals surface area contributed by atoms with Gasteiger partial charge in [-0.1, -0.05) is 13.0 Å². The molecule has 2 aromatic rings. The fraction of sp³-hybridized carbons (Fsp3) is 0.421. The van der Waals surface area contributed by atoms with Gasteiger partial charge in [0.15, 0.2) is 17.4 Å². The standard InChI is InChI=1S/C19H21F2N3O4/c1-9-10(2)28-18(19(26)24-14-7-22-11(8-25)6-23-14)15(9)12-4-5-13(20)16(21)17(12)27-3/h4-7,9-10,15,18,25H,8H2,1-3H3,(H,23,24,26)/t9-,10-,15+,18-/m1/s1. The van der Waals surface area contributed by atoms with Crippen LogP contribution in [0, 0.1) is 17.6 Å². The number of halogens is 2. The molecule has 1 saturated heterocycles. The predicted molar refractivity (Wildman–Crippen MR) is 95.7 cm³/mol. The Morgan fingerprint density at radius 2 is 2.04 bits per heavy atom. The van der Waals surface area contributed by atoms with Crippen LogP contribution in [0.4, 0.5) is 14.6 Å². The zero-order valence-electron chi connectivity index (χ0n) is 15.6. The molecule has 1 fully saturated rings. The highest BCUT2D eigenvalue weighted by atomic mass is 19.2. The van der Waals surface area contributed by atoms with Gasteiger partial charge in [-0.3, -0.25) is 9.78 Å². The molecular weight excluding hydrogens is 372 g/mol. The first-order valence-electron chi connectivity index (χ1n) is 8.77. The van der Waals surface area contributed by atoms with Crippen LogP contribution >= 0.6 is 0 Å². The summed E-state index contributed by atoms with van der Waals surface area (Å²) in [5.41, 5.74) is 0.724. The van der Waals surface area contributed by atoms with E-state index in [1.807, 2.05) is 13.8 Å². The lowest BCUT2D eigenvalue weighted by atomic mass is 9.82. The van der Waals surface area contributed by atoms with Gasteiger partial charge in [0.1, 0.15) is 6.10 Å². The summed E-state index contributed by atoms with van der Waals surface area (Å²) in [5.74, 6) is -3.37. The molecule has 2 heterocycles. The summed E-state index contributed by atoms with van der Waals surface area (Å²) < 4.78 is 38.7. The normalized spacial score (nSPS) is 24.2. The van der Waals surface area contributed by atoms with Crippen LogP contribution < -0.4 is 10.1 Å². The summed E-state index contributed by atoms with van der Waals surface area (Å²) in [7, 11) is 1.25. The summed E-state index contributed by atoms with van der Waals surface area (Å²) in [6.07, 6.45) is 1.41. The van der Waals surface area contributed by atoms with E-state index in [1.54, 1.807) is 0 Å². The van der Waals surface area contributed by atoms with Crippen molar-refractivity contribution in [1.82, 2.24) is 9.97 Å². The van der Waals surface area contributed by atoms with E-state index in [0.29, 0.717) is 11.3 Å². The van der Waals surface area contributed by atoms with Crippen molar-refractivity contribution in [3.05, 3.63) is 47.4 Å². The summed E-state index contributed by atoms with van der Waals surface area (Å²) in [6.45, 7) is 3.42. The van der Waals surface area contributed by atoms with Gasteiger partial charge in [0.05, 0.1) is 37.9 Å². The minimum Gasteiger partial charge on any atom is -0.493 e. The van der Waals surface area contributed by atoms with Crippen LogP contribution in [0.15, 0.2) is 24.5 Å². The Hall–Kier alpha value is -2.65. The van der Waals surface area contributed by atoms with Crippen molar-refractivity contribution in [2.24, 2.45) is 5.92 Å². The number of methoxy groups -OCH3 is 1. The van der Waals surface area contributed by atoms with E-state index < -0.39 is 29.6 Å². The molecule has 1 aromatic carbocycles. The Kier molecular flexibility index (Phi) is 5.85. The van der Waals surface area contributed by atoms with Crippen molar-refractivity contribution in [2.75, 3.05) is 12.4 Å². The molecule has 7 nitrogen and oxygen atoms in total. The molecule has 0 bridgehead atoms. The lowest BCUT2D eigenvalue weighted by Crippen LogP contribution is -2.33. The van der Waals surface area contributed by atoms with Crippen LogP contribution in [0.3, 0.4) is 0 Å². The van der Waals surface area contributed by atoms with Crippen molar-refractivity contribution in [2.45, 2.75) is 38.6 Å². The topological polar surface area (TPSA) is 93.6 Å². The number of anilines is 1. The molecule has 1 amide bonds. The van der Waals surface area contributed by atoms with Gasteiger partial charge in [0.25, 0.3) is 5.91 Å². The Morgan fingerprint density at radius 1 is 1.29 bits per heavy atom. The maximum Gasteiger partial charge on any atom is 0.255 e. The molecule has 1 aliphatic rings. The fourth-order valence-electron chi connectivity index (χ4n) is 3.39. The molecule has 1 aromatic heterocycles. The number of aliphatic hydroxyl groups excluding tert-OH is 1. The van der Waals surface area contributed by atoms with Crippen LogP contribution in [0.2, 0.25) is 0 Å². The number of hydrogen-bond acceptors (Lipinski definition) is 6. The highest BCUT2D eigenvalue weighted by Gasteiger charge is 2.46. The van der Waals surface area contributed by atoms with Gasteiger partial charge in [-0.25, -0.2) is 9.37 Å². The van der Waals surface area contributed by atoms with Gasteiger partial charge in [-0.15, -0.1) is 0 Å². The second kappa shape index (κ2) is 8.15. The zero-order chi connectivity index (χ0) is 20.4. The maximum atomic E-state index is 14.2. The lowest BCUT2D eigenvalue weighted by Gasteiger charge is -2.23. The van der Waals surface area contributed by atoms with Crippen molar-refractivity contribution in [1.29, 1.82) is 0 Å². The predicted octanol–water partition coefficient (Wildman–Crippen LogP) is 2.40. The number of benzene rings is 1. The van der Waals surface area contributed by atoms with Gasteiger partial charge in [0, 0.05) is 11.5 Å². The molecule has 3 rings (SSSR count). The Morgan fingerprint density at radius 3 is 2.64 bits per heavy atom. The highest BCUT2D eigenvalue weighted by Crippen LogP contribution is 2.44. The van der Waals surface area contributed by atoms with E-state index in [-0.39, 0.29) is 30.2 Å². The second-order valence-corrected chi connectivity index (χ2v) is 6.67. The van der Waals surface area contributed by atoms with Crippen LogP contribution in [0.25, 0.3) is 0 Å². The third-order valence-electron chi connectivity index (χ3n) is 5.01. The maximum absolute atomic E-state index is 14.2. The molecule has 0 unspecified atom stereocenters. The van der Waals surface area contributed by atoms with Crippen LogP contribution in [-0.4, -0.2) is 40.3 Å². The average molecular weight is 393 g/mol. The molecule has 2 N–H and O–H groups in total. The zero-order valence-corrected chi connectivity index (χ0v) is 15.6. The SMILES string of the molecule is COc1c([C@@H]2[C@H](C)[C@@H](C)O[C@H]2C(=O)Nc2cnc(CO)cn2)ccc(F)c1F. The van der Waals surface area contributed by atoms with Gasteiger partial charge >= 0.3 is 0 Å². The van der Waals surface area contributed by atoms with E-state index in [4.69, 9.17) is 14.6 Å². The number of hydrogen-bond donors (Lipinski definition) is 2. The number of carbonyl (C=O) groups excluding carboxylic acids is 1. The number of nitrogens with one attached hydrogen (secondary N) is 1. The number of nitrogens with zero attached hydrogens (tertiary/aromatic N) is 2. The fourth-order valence-corrected chi connectivity index (χ4v) is 3.39. The molecule has 9 heteroatoms. The molecule has 0 spiro atoms. The molecule has 0 radical (unpaired) electrons. The molecule has 0 saturated carbocycles. The van der Waals surface area contributed by atoms with Gasteiger partial charge in [-0.05, 0) is 18.9 Å². The third-order valence-corrected chi connectivity index (χ3v) is 5.01. The van der Waals surface area contributed by atoms with E-state index in [1.165, 1.54) is 25.6 Å². The third kappa shape index (κ3) is 3.67. The van der Waals surface area contributed by atoms with Gasteiger partial charge < -0.3 is 19.9 Å². The average Bonchev–Trinajstić information content (AvgIpc) is 2.99. The molecule has 28 heavy (non-hydrogen) atoms. The summed E-state index contributed by atoms with van der Waals surface area (Å²) in [4.78, 5) is 20.8. The van der Waals surface area contributed by atoms with Crippen LogP contribution in [0.5, 0.6) is 5.75 Å². The first kappa shape index (κ1) is 20.1. The summed E-state index contributed by atoms with van der Waals surface area (Å²) >= 11 is 0. The number of rotatable bonds is 5. The molecule has 150 valence electrons. The van der Waals surface area contributed by atoms with Crippen molar-refractivity contribution >= 4 is 11.7 Å². The van der Waals surface area contributed by atoms with Crippen molar-refractivity contribution in [3.63, 3.8) is 0 Å². The molecule has 4 atom stereocenters. The molecule has 0 aliphatic carbocycles. The number of ether oxygens (including phenoxy) is 2. The Balaban J connectivity index is 1.91. The molecule has 1 aliphatic heterocycles. The monoisotopic (exact) mass is 393 g/mol. The van der Waals surface area contributed by atoms with Crippen molar-refractivity contribution in [3.8, 4) is 5.75 Å². The van der Waals surface area contributed by atoms with E-state index in [0.717, 1.165) is 6.07 Å². The van der Waals surface area contributed by atoms with Gasteiger partial charge in [0.2, 0.25) is 5.82 Å². The second-order valence-electron chi connectivity index (χ2n) is 6.67. The smallest absolute Gasteiger partial charge is 0.255 e. The van der Waals surface area contributed by atoms with E-state index in [9.17, 15) is 13.6 Å². The largest absolute Gasteiger partial charge is 0.493 e. The van der Waals surface area contributed by atoms with Crippen LogP contribution in [0.1, 0.15) is 31.0 Å². The first-order valence-corrected chi connectivity index (χ1v) is 8.77. The lowest BCUT2D eigenvalue weighted by molar-refractivity contribution is -0.127. The number of carbonyl (C=O) groups is 1. The van der Waals surface area contributed by atoms with Gasteiger partial charge in [-0.2, -0.15) is 4.39 Å². The minimum atomic E-state index is -1.10. The molecular formula is C19H21F2N3O4. The Bertz CT molecular complexity index is 863. The highest BCUT2D eigenvalue weighted by molar-refractivity contribution is 5.94. The number of aromatic nitrogens is 2. The number of amides is 1. The van der Waals surface area contributed by atoms with E-state index >= 15 is 0 Å². The minimum absolute atomic E-state index is 0.155. The van der Waals surface area contributed by atoms with E-state index in [2.05, 4.69) is 15.3 Å². The quantitative estimate of drug-likeness (QED) is 0.810. The van der Waals surface area contributed by atoms with Crippen molar-refractivity contribution < 1.29 is 28.2 Å². The summed E-state index contributed by atoms with van der Waals surface area (Å²) in [6, 6.07) is 2.42. The first-order chi connectivity index (χ1) is 13.4. The number of aliphatic hydroxyl groups is 1. The van der Waals surface area contributed by atoms with Crippen LogP contribution in [-0.2, 0) is 16.1 Å². The Labute approximate surface area is 160 Å². The summed E-state index contributed by atoms with van der Waals surface area (Å²) in [5, 5.41) is 11.6.